The molecule has 1 saturated carbocycles. The molecular weight excluding hydrogens is 608 g/mol. The number of carbonyl (C=O) groups is 4. The first kappa shape index (κ1) is 26.2. The third kappa shape index (κ3) is 3.63. The van der Waals surface area contributed by atoms with Gasteiger partial charge in [0.15, 0.2) is 0 Å². The fourth-order valence-electron chi connectivity index (χ4n) is 7.76. The zero-order valence-electron chi connectivity index (χ0n) is 21.6. The van der Waals surface area contributed by atoms with Gasteiger partial charge in [0.1, 0.15) is 5.75 Å². The second kappa shape index (κ2) is 9.39. The summed E-state index contributed by atoms with van der Waals surface area (Å²) >= 11 is 9.83. The lowest BCUT2D eigenvalue weighted by Gasteiger charge is -2.50. The van der Waals surface area contributed by atoms with Gasteiger partial charge >= 0.3 is 0 Å². The summed E-state index contributed by atoms with van der Waals surface area (Å²) in [6.45, 7) is 0. The number of phenols is 1. The van der Waals surface area contributed by atoms with E-state index in [9.17, 15) is 24.3 Å². The minimum Gasteiger partial charge on any atom is -0.508 e. The van der Waals surface area contributed by atoms with E-state index in [0.717, 1.165) is 5.57 Å². The van der Waals surface area contributed by atoms with E-state index >= 15 is 0 Å². The summed E-state index contributed by atoms with van der Waals surface area (Å²) in [5, 5.41) is 14.2. The molecule has 0 radical (unpaired) electrons. The smallest absolute Gasteiger partial charge is 0.246 e. The topological polar surface area (TPSA) is 104 Å². The molecule has 6 unspecified atom stereocenters. The van der Waals surface area contributed by atoms with Gasteiger partial charge in [0.25, 0.3) is 0 Å². The molecule has 4 amide bonds. The highest BCUT2D eigenvalue weighted by Gasteiger charge is 2.70. The van der Waals surface area contributed by atoms with E-state index in [2.05, 4.69) is 21.2 Å². The number of rotatable bonds is 3. The first-order chi connectivity index (χ1) is 19.7. The zero-order chi connectivity index (χ0) is 28.6. The molecule has 7 rings (SSSR count). The average molecular weight is 632 g/mol. The van der Waals surface area contributed by atoms with Crippen LogP contribution in [0.5, 0.6) is 5.75 Å². The monoisotopic (exact) mass is 630 g/mol. The summed E-state index contributed by atoms with van der Waals surface area (Å²) in [5.74, 6) is -4.82. The lowest BCUT2D eigenvalue weighted by molar-refractivity contribution is -0.128. The number of phenolic OH excluding ortho intramolecular Hbond substituents is 1. The van der Waals surface area contributed by atoms with E-state index in [1.165, 1.54) is 4.90 Å². The van der Waals surface area contributed by atoms with Crippen molar-refractivity contribution >= 4 is 56.8 Å². The van der Waals surface area contributed by atoms with Gasteiger partial charge in [-0.15, -0.1) is 0 Å². The van der Waals surface area contributed by atoms with E-state index in [1.54, 1.807) is 42.5 Å². The number of halogens is 2. The summed E-state index contributed by atoms with van der Waals surface area (Å²) in [5.41, 5.74) is 0.844. The maximum Gasteiger partial charge on any atom is 0.246 e. The normalized spacial score (nSPS) is 30.4. The van der Waals surface area contributed by atoms with E-state index in [0.29, 0.717) is 32.7 Å². The molecule has 2 aliphatic heterocycles. The van der Waals surface area contributed by atoms with Crippen LogP contribution in [0, 0.1) is 23.7 Å². The number of hydrogen-bond donors (Lipinski definition) is 2. The number of aromatic hydroxyl groups is 1. The van der Waals surface area contributed by atoms with Crippen LogP contribution < -0.4 is 10.2 Å². The summed E-state index contributed by atoms with van der Waals surface area (Å²) in [7, 11) is 0. The zero-order valence-corrected chi connectivity index (χ0v) is 23.9. The number of hydrogen-bond acceptors (Lipinski definition) is 5. The molecule has 3 fully saturated rings. The van der Waals surface area contributed by atoms with Crippen LogP contribution in [0.4, 0.5) is 5.69 Å². The highest BCUT2D eigenvalue weighted by Crippen LogP contribution is 2.65. The quantitative estimate of drug-likeness (QED) is 0.303. The van der Waals surface area contributed by atoms with Crippen molar-refractivity contribution in [3.8, 4) is 5.75 Å². The van der Waals surface area contributed by atoms with E-state index in [1.807, 2.05) is 36.4 Å². The Morgan fingerprint density at radius 1 is 0.927 bits per heavy atom. The van der Waals surface area contributed by atoms with Crippen molar-refractivity contribution in [1.29, 1.82) is 0 Å². The Kier molecular flexibility index (Phi) is 5.99. The van der Waals surface area contributed by atoms with Crippen LogP contribution in [0.2, 0.25) is 5.02 Å². The van der Waals surface area contributed by atoms with Gasteiger partial charge < -0.3 is 5.11 Å². The van der Waals surface area contributed by atoms with Crippen LogP contribution in [0.1, 0.15) is 29.9 Å². The molecule has 6 atom stereocenters. The first-order valence-electron chi connectivity index (χ1n) is 13.5. The molecule has 2 heterocycles. The Balaban J connectivity index is 1.54. The maximum atomic E-state index is 15.0. The third-order valence-electron chi connectivity index (χ3n) is 9.31. The highest BCUT2D eigenvalue weighted by atomic mass is 79.9. The number of imide groups is 2. The molecule has 0 bridgehead atoms. The molecule has 7 nitrogen and oxygen atoms in total. The van der Waals surface area contributed by atoms with Gasteiger partial charge in [-0.3, -0.25) is 24.5 Å². The number of nitrogens with zero attached hydrogens (tertiary/aromatic N) is 1. The molecule has 2 saturated heterocycles. The summed E-state index contributed by atoms with van der Waals surface area (Å²) in [6, 6.07) is 20.9. The standard InChI is InChI=1S/C32H24BrClN2O5/c33-17-9-12-25(37)23(13-17)27-20-10-11-21-26(29(39)35-28(21)38)22(20)15-24-30(40)36(19-8-4-7-18(34)14-19)31(41)32(24,27)16-5-2-1-3-6-16/h1-10,12-14,21-22,24,26-27,37H,11,15H2,(H,35,38,39). The van der Waals surface area contributed by atoms with Gasteiger partial charge in [0, 0.05) is 21.0 Å². The number of carbonyl (C=O) groups excluding carboxylic acids is 4. The second-order valence-corrected chi connectivity index (χ2v) is 12.5. The van der Waals surface area contributed by atoms with E-state index in [-0.39, 0.29) is 24.0 Å². The number of fused-ring (bicyclic) bond motifs is 4. The molecule has 9 heteroatoms. The minimum atomic E-state index is -1.42. The van der Waals surface area contributed by atoms with Crippen molar-refractivity contribution in [2.45, 2.75) is 24.2 Å². The molecule has 206 valence electrons. The Labute approximate surface area is 249 Å². The van der Waals surface area contributed by atoms with Gasteiger partial charge in [-0.25, -0.2) is 4.90 Å². The van der Waals surface area contributed by atoms with E-state index < -0.39 is 46.8 Å². The second-order valence-electron chi connectivity index (χ2n) is 11.2. The van der Waals surface area contributed by atoms with Crippen molar-refractivity contribution in [3.05, 3.63) is 105 Å². The van der Waals surface area contributed by atoms with Gasteiger partial charge in [-0.05, 0) is 60.7 Å². The van der Waals surface area contributed by atoms with Crippen molar-refractivity contribution < 1.29 is 24.3 Å². The predicted octanol–water partition coefficient (Wildman–Crippen LogP) is 5.26. The molecular formula is C32H24BrClN2O5. The fourth-order valence-corrected chi connectivity index (χ4v) is 8.32. The lowest BCUT2D eigenvalue weighted by atomic mass is 9.49. The van der Waals surface area contributed by atoms with Gasteiger partial charge in [0.2, 0.25) is 23.6 Å². The van der Waals surface area contributed by atoms with Gasteiger partial charge in [0.05, 0.1) is 28.9 Å². The van der Waals surface area contributed by atoms with Crippen LogP contribution >= 0.6 is 27.5 Å². The third-order valence-corrected chi connectivity index (χ3v) is 10.0. The van der Waals surface area contributed by atoms with Crippen molar-refractivity contribution in [3.63, 3.8) is 0 Å². The molecule has 2 aliphatic carbocycles. The molecule has 0 aromatic heterocycles. The van der Waals surface area contributed by atoms with Crippen LogP contribution in [0.25, 0.3) is 0 Å². The Bertz CT molecular complexity index is 1690. The SMILES string of the molecule is O=C1NC(=O)C2C1CC=C1C2CC2C(=O)N(c3cccc(Cl)c3)C(=O)C2(c2ccccc2)C1c1cc(Br)ccc1O. The molecule has 4 aliphatic rings. The van der Waals surface area contributed by atoms with Crippen LogP contribution in [0.15, 0.2) is 88.9 Å². The summed E-state index contributed by atoms with van der Waals surface area (Å²) in [6.07, 6.45) is 2.49. The lowest BCUT2D eigenvalue weighted by Crippen LogP contribution is -2.53. The summed E-state index contributed by atoms with van der Waals surface area (Å²) < 4.78 is 0.693. The molecule has 2 N–H and O–H groups in total. The number of allylic oxidation sites excluding steroid dienone is 2. The first-order valence-corrected chi connectivity index (χ1v) is 14.6. The van der Waals surface area contributed by atoms with Crippen LogP contribution in [-0.2, 0) is 24.6 Å². The molecule has 41 heavy (non-hydrogen) atoms. The van der Waals surface area contributed by atoms with Crippen molar-refractivity contribution in [2.24, 2.45) is 23.7 Å². The maximum absolute atomic E-state index is 15.0. The number of benzene rings is 3. The van der Waals surface area contributed by atoms with Gasteiger partial charge in [-0.1, -0.05) is 75.6 Å². The Morgan fingerprint density at radius 3 is 2.46 bits per heavy atom. The number of nitrogens with one attached hydrogen (secondary N) is 1. The van der Waals surface area contributed by atoms with Crippen molar-refractivity contribution in [1.82, 2.24) is 5.32 Å². The largest absolute Gasteiger partial charge is 0.508 e. The highest BCUT2D eigenvalue weighted by molar-refractivity contribution is 9.10. The van der Waals surface area contributed by atoms with Gasteiger partial charge in [-0.2, -0.15) is 0 Å². The Morgan fingerprint density at radius 2 is 1.71 bits per heavy atom. The van der Waals surface area contributed by atoms with E-state index in [4.69, 9.17) is 11.6 Å². The molecule has 0 spiro atoms. The average Bonchev–Trinajstić information content (AvgIpc) is 3.38. The Hall–Kier alpha value is -3.75. The fraction of sp³-hybridized carbons (Fsp3) is 0.250. The summed E-state index contributed by atoms with van der Waals surface area (Å²) in [4.78, 5) is 56.5. The van der Waals surface area contributed by atoms with Crippen molar-refractivity contribution in [2.75, 3.05) is 4.90 Å². The molecule has 3 aromatic carbocycles. The number of anilines is 1. The number of amides is 4. The predicted molar refractivity (Wildman–Crippen MR) is 155 cm³/mol. The van der Waals surface area contributed by atoms with Crippen LogP contribution in [-0.4, -0.2) is 28.7 Å². The molecule has 3 aromatic rings. The minimum absolute atomic E-state index is 0.0238. The van der Waals surface area contributed by atoms with Crippen LogP contribution in [0.3, 0.4) is 0 Å².